The van der Waals surface area contributed by atoms with E-state index >= 15 is 0 Å². The third-order valence-electron chi connectivity index (χ3n) is 2.74. The minimum atomic E-state index is -0.523. The minimum absolute atomic E-state index is 0.0551. The van der Waals surface area contributed by atoms with E-state index in [0.717, 1.165) is 12.3 Å². The van der Waals surface area contributed by atoms with E-state index in [4.69, 9.17) is 4.74 Å². The fourth-order valence-corrected chi connectivity index (χ4v) is 1.83. The van der Waals surface area contributed by atoms with Crippen molar-refractivity contribution in [1.29, 1.82) is 0 Å². The fourth-order valence-electron chi connectivity index (χ4n) is 1.83. The van der Waals surface area contributed by atoms with Crippen molar-refractivity contribution in [1.82, 2.24) is 15.6 Å². The van der Waals surface area contributed by atoms with E-state index in [0.29, 0.717) is 13.1 Å². The third-order valence-corrected chi connectivity index (χ3v) is 2.74. The Balaban J connectivity index is 2.01. The molecular formula is C11H14FN3O2. The lowest BCUT2D eigenvalue weighted by atomic mass is 10.2. The van der Waals surface area contributed by atoms with Crippen molar-refractivity contribution in [3.05, 3.63) is 29.8 Å². The molecule has 1 saturated heterocycles. The van der Waals surface area contributed by atoms with Gasteiger partial charge in [0.2, 0.25) is 0 Å². The van der Waals surface area contributed by atoms with Crippen molar-refractivity contribution in [2.75, 3.05) is 20.2 Å². The molecule has 2 atom stereocenters. The second-order valence-electron chi connectivity index (χ2n) is 3.90. The zero-order chi connectivity index (χ0) is 12.3. The fraction of sp³-hybridized carbons (Fsp3) is 0.455. The Morgan fingerprint density at radius 3 is 3.12 bits per heavy atom. The number of ether oxygens (including phenoxy) is 1. The van der Waals surface area contributed by atoms with E-state index in [1.54, 1.807) is 7.11 Å². The number of hydrogen-bond acceptors (Lipinski definition) is 4. The molecule has 0 bridgehead atoms. The van der Waals surface area contributed by atoms with Crippen LogP contribution in [0.5, 0.6) is 0 Å². The van der Waals surface area contributed by atoms with Crippen LogP contribution in [0.3, 0.4) is 0 Å². The number of nitrogens with one attached hydrogen (secondary N) is 2. The second kappa shape index (κ2) is 5.20. The Hall–Kier alpha value is -1.53. The average Bonchev–Trinajstić information content (AvgIpc) is 2.76. The van der Waals surface area contributed by atoms with Crippen LogP contribution < -0.4 is 10.6 Å². The number of aromatic nitrogens is 1. The lowest BCUT2D eigenvalue weighted by molar-refractivity contribution is 0.0779. The van der Waals surface area contributed by atoms with Crippen LogP contribution in [0.15, 0.2) is 18.5 Å². The number of carbonyl (C=O) groups is 1. The van der Waals surface area contributed by atoms with Gasteiger partial charge in [-0.25, -0.2) is 4.39 Å². The van der Waals surface area contributed by atoms with Crippen LogP contribution >= 0.6 is 0 Å². The van der Waals surface area contributed by atoms with Crippen molar-refractivity contribution >= 4 is 5.91 Å². The number of pyridine rings is 1. The lowest BCUT2D eigenvalue weighted by Crippen LogP contribution is -2.43. The van der Waals surface area contributed by atoms with Crippen molar-refractivity contribution < 1.29 is 13.9 Å². The first-order valence-electron chi connectivity index (χ1n) is 5.35. The maximum absolute atomic E-state index is 12.9. The molecule has 0 radical (unpaired) electrons. The summed E-state index contributed by atoms with van der Waals surface area (Å²) in [5, 5.41) is 5.90. The first kappa shape index (κ1) is 11.9. The van der Waals surface area contributed by atoms with Crippen LogP contribution in [0.25, 0.3) is 0 Å². The van der Waals surface area contributed by atoms with Gasteiger partial charge >= 0.3 is 0 Å². The molecule has 1 amide bonds. The third kappa shape index (κ3) is 2.78. The topological polar surface area (TPSA) is 63.2 Å². The molecule has 2 heterocycles. The van der Waals surface area contributed by atoms with Crippen molar-refractivity contribution in [3.8, 4) is 0 Å². The van der Waals surface area contributed by atoms with Crippen LogP contribution in [0.4, 0.5) is 4.39 Å². The molecule has 0 aromatic carbocycles. The predicted octanol–water partition coefficient (Wildman–Crippen LogP) is -0.0627. The van der Waals surface area contributed by atoms with E-state index in [9.17, 15) is 9.18 Å². The molecule has 1 aliphatic heterocycles. The average molecular weight is 239 g/mol. The predicted molar refractivity (Wildman–Crippen MR) is 59.1 cm³/mol. The monoisotopic (exact) mass is 239 g/mol. The number of halogens is 1. The molecule has 1 aliphatic rings. The summed E-state index contributed by atoms with van der Waals surface area (Å²) in [4.78, 5) is 15.4. The molecule has 1 aromatic rings. The molecule has 5 nitrogen and oxygen atoms in total. The number of hydrogen-bond donors (Lipinski definition) is 2. The van der Waals surface area contributed by atoms with Crippen LogP contribution in [0.1, 0.15) is 10.4 Å². The highest BCUT2D eigenvalue weighted by Crippen LogP contribution is 2.06. The van der Waals surface area contributed by atoms with Gasteiger partial charge in [0, 0.05) is 26.4 Å². The van der Waals surface area contributed by atoms with Gasteiger partial charge in [-0.3, -0.25) is 9.78 Å². The van der Waals surface area contributed by atoms with Gasteiger partial charge < -0.3 is 15.4 Å². The number of methoxy groups -OCH3 is 1. The van der Waals surface area contributed by atoms with Gasteiger partial charge in [0.1, 0.15) is 5.82 Å². The SMILES string of the molecule is CO[C@H]1CNCC1NC(=O)c1cncc(F)c1. The molecule has 0 spiro atoms. The van der Waals surface area contributed by atoms with E-state index in [1.807, 2.05) is 0 Å². The molecule has 1 unspecified atom stereocenters. The molecule has 17 heavy (non-hydrogen) atoms. The number of rotatable bonds is 3. The summed E-state index contributed by atoms with van der Waals surface area (Å²) in [7, 11) is 1.60. The number of nitrogens with zero attached hydrogens (tertiary/aromatic N) is 1. The maximum Gasteiger partial charge on any atom is 0.253 e. The highest BCUT2D eigenvalue weighted by molar-refractivity contribution is 5.94. The van der Waals surface area contributed by atoms with Gasteiger partial charge in [-0.05, 0) is 6.07 Å². The smallest absolute Gasteiger partial charge is 0.253 e. The summed E-state index contributed by atoms with van der Waals surface area (Å²) in [5.74, 6) is -0.863. The van der Waals surface area contributed by atoms with Gasteiger partial charge in [0.25, 0.3) is 5.91 Å². The summed E-state index contributed by atoms with van der Waals surface area (Å²) in [6.07, 6.45) is 2.34. The maximum atomic E-state index is 12.9. The normalized spacial score (nSPS) is 23.6. The Kier molecular flexibility index (Phi) is 3.65. The zero-order valence-electron chi connectivity index (χ0n) is 9.44. The zero-order valence-corrected chi connectivity index (χ0v) is 9.44. The first-order chi connectivity index (χ1) is 8.20. The first-order valence-corrected chi connectivity index (χ1v) is 5.35. The molecule has 1 fully saturated rings. The van der Waals surface area contributed by atoms with Gasteiger partial charge in [-0.15, -0.1) is 0 Å². The van der Waals surface area contributed by atoms with Gasteiger partial charge in [-0.1, -0.05) is 0 Å². The Labute approximate surface area is 98.4 Å². The van der Waals surface area contributed by atoms with Crippen LogP contribution in [0.2, 0.25) is 0 Å². The minimum Gasteiger partial charge on any atom is -0.378 e. The summed E-state index contributed by atoms with van der Waals surface area (Å²) in [6, 6.07) is 1.06. The van der Waals surface area contributed by atoms with E-state index in [-0.39, 0.29) is 23.6 Å². The van der Waals surface area contributed by atoms with Gasteiger partial charge in [0.05, 0.1) is 23.9 Å². The standard InChI is InChI=1S/C11H14FN3O2/c1-17-10-6-14-5-9(10)15-11(16)7-2-8(12)4-13-3-7/h2-4,9-10,14H,5-6H2,1H3,(H,15,16)/t9?,10-/m0/s1. The van der Waals surface area contributed by atoms with Crippen LogP contribution in [-0.4, -0.2) is 43.2 Å². The lowest BCUT2D eigenvalue weighted by Gasteiger charge is -2.18. The van der Waals surface area contributed by atoms with Crippen LogP contribution in [-0.2, 0) is 4.74 Å². The van der Waals surface area contributed by atoms with Crippen molar-refractivity contribution in [3.63, 3.8) is 0 Å². The van der Waals surface area contributed by atoms with Crippen molar-refractivity contribution in [2.24, 2.45) is 0 Å². The Bertz CT molecular complexity index is 413. The van der Waals surface area contributed by atoms with E-state index < -0.39 is 5.82 Å². The molecule has 2 rings (SSSR count). The quantitative estimate of drug-likeness (QED) is 0.775. The Morgan fingerprint density at radius 1 is 1.59 bits per heavy atom. The Morgan fingerprint density at radius 2 is 2.41 bits per heavy atom. The highest BCUT2D eigenvalue weighted by Gasteiger charge is 2.28. The van der Waals surface area contributed by atoms with Gasteiger partial charge in [0.15, 0.2) is 0 Å². The summed E-state index contributed by atoms with van der Waals surface area (Å²) in [6.45, 7) is 1.34. The number of carbonyl (C=O) groups excluding carboxylic acids is 1. The summed E-state index contributed by atoms with van der Waals surface area (Å²) < 4.78 is 18.1. The highest BCUT2D eigenvalue weighted by atomic mass is 19.1. The molecule has 1 aromatic heterocycles. The van der Waals surface area contributed by atoms with Crippen LogP contribution in [0, 0.1) is 5.82 Å². The second-order valence-corrected chi connectivity index (χ2v) is 3.90. The molecular weight excluding hydrogens is 225 g/mol. The largest absolute Gasteiger partial charge is 0.378 e. The number of amides is 1. The van der Waals surface area contributed by atoms with Gasteiger partial charge in [-0.2, -0.15) is 0 Å². The van der Waals surface area contributed by atoms with E-state index in [1.165, 1.54) is 6.20 Å². The summed E-state index contributed by atoms with van der Waals surface area (Å²) in [5.41, 5.74) is 0.215. The molecule has 0 aliphatic carbocycles. The molecule has 6 heteroatoms. The molecule has 92 valence electrons. The molecule has 0 saturated carbocycles. The van der Waals surface area contributed by atoms with E-state index in [2.05, 4.69) is 15.6 Å². The van der Waals surface area contributed by atoms with Crippen molar-refractivity contribution in [2.45, 2.75) is 12.1 Å². The summed E-state index contributed by atoms with van der Waals surface area (Å²) >= 11 is 0. The molecule has 2 N–H and O–H groups in total.